The van der Waals surface area contributed by atoms with Crippen LogP contribution >= 0.6 is 0 Å². The summed E-state index contributed by atoms with van der Waals surface area (Å²) in [6.45, 7) is 0. The zero-order valence-electron chi connectivity index (χ0n) is 3.12. The second-order valence-electron chi connectivity index (χ2n) is 0. The predicted octanol–water partition coefficient (Wildman–Crippen LogP) is -4.85. The van der Waals surface area contributed by atoms with Crippen LogP contribution in [0.25, 0.3) is 0 Å². The molecule has 0 aliphatic rings. The first kappa shape index (κ1) is 16.2. The van der Waals surface area contributed by atoms with E-state index in [0.717, 1.165) is 0 Å². The molecule has 1 nitrogen and oxygen atoms in total. The smallest absolute Gasteiger partial charge is 0.0125 e. The first-order valence-electron chi connectivity index (χ1n) is 1.29. The van der Waals surface area contributed by atoms with Gasteiger partial charge in [-0.1, -0.05) is 0 Å². The van der Waals surface area contributed by atoms with Crippen LogP contribution < -0.4 is 0 Å². The van der Waals surface area contributed by atoms with Gasteiger partial charge in [0.2, 0.25) is 0 Å². The number of hydrogen-bond donors (Lipinski definition) is 0. The van der Waals surface area contributed by atoms with E-state index in [-0.39, 0.29) is 34.0 Å². The summed E-state index contributed by atoms with van der Waals surface area (Å²) in [5.74, 6) is 0. The monoisotopic (exact) mass is 232 g/mol. The van der Waals surface area contributed by atoms with Crippen LogP contribution in [-0.4, -0.2) is 53.6 Å². The van der Waals surface area contributed by atoms with E-state index in [2.05, 4.69) is 0 Å². The van der Waals surface area contributed by atoms with Crippen molar-refractivity contribution in [1.29, 1.82) is 0 Å². The van der Waals surface area contributed by atoms with E-state index < -0.39 is 0 Å². The normalized spacial score (nSPS) is 3.20. The molecule has 0 unspecified atom stereocenters. The van der Waals surface area contributed by atoms with Crippen LogP contribution in [0, 0.1) is 0 Å². The predicted molar refractivity (Wildman–Crippen MR) is 40.4 cm³/mol. The van der Waals surface area contributed by atoms with E-state index in [0.29, 0.717) is 0 Å². The SMILES string of the molecule is [GeH4].[O]=[GeH2].[SiH3][SiH3]. The Hall–Kier alpha value is 1.32. The molecular weight excluding hydrogens is 217 g/mol. The fourth-order valence-electron chi connectivity index (χ4n) is 0. The second-order valence-corrected chi connectivity index (χ2v) is 0. The molecule has 0 amide bonds. The average Bonchev–Trinajstić information content (AvgIpc) is 1.50. The molecule has 0 aromatic carbocycles. The molecule has 0 aromatic rings. The van der Waals surface area contributed by atoms with Crippen LogP contribution in [0.4, 0.5) is 0 Å². The molecule has 0 rings (SSSR count). The summed E-state index contributed by atoms with van der Waals surface area (Å²) in [4.78, 5) is 0. The van der Waals surface area contributed by atoms with E-state index in [1.165, 1.54) is 19.5 Å². The molecule has 0 atom stereocenters. The van der Waals surface area contributed by atoms with Crippen molar-refractivity contribution in [3.63, 3.8) is 0 Å². The van der Waals surface area contributed by atoms with E-state index in [9.17, 15) is 0 Å². The van der Waals surface area contributed by atoms with E-state index in [1.807, 2.05) is 0 Å². The maximum absolute atomic E-state index is 8.38. The van der Waals surface area contributed by atoms with Gasteiger partial charge in [0.25, 0.3) is 0 Å². The van der Waals surface area contributed by atoms with Crippen LogP contribution in [0.15, 0.2) is 0 Å². The van der Waals surface area contributed by atoms with E-state index >= 15 is 0 Å². The Balaban J connectivity index is -0.0000000133. The average molecular weight is 229 g/mol. The van der Waals surface area contributed by atoms with Gasteiger partial charge < -0.3 is 0 Å². The maximum atomic E-state index is 8.38. The minimum absolute atomic E-state index is 0. The third-order valence-electron chi connectivity index (χ3n) is 0. The third-order valence-corrected chi connectivity index (χ3v) is 0. The summed E-state index contributed by atoms with van der Waals surface area (Å²) in [5.41, 5.74) is 0. The van der Waals surface area contributed by atoms with E-state index in [4.69, 9.17) is 3.78 Å². The third kappa shape index (κ3) is 33.7. The molecule has 0 N–H and O–H groups in total. The molecule has 0 aromatic heterocycles. The summed E-state index contributed by atoms with van der Waals surface area (Å²) < 4.78 is 8.38. The molecule has 0 saturated heterocycles. The van der Waals surface area contributed by atoms with Crippen LogP contribution in [0.1, 0.15) is 0 Å². The Morgan fingerprint density at radius 2 is 1.20 bits per heavy atom. The van der Waals surface area contributed by atoms with Gasteiger partial charge >= 0.3 is 37.8 Å². The molecule has 34 valence electrons. The molecule has 5 heteroatoms. The van der Waals surface area contributed by atoms with Gasteiger partial charge in [0, 0.05) is 0 Å². The summed E-state index contributed by atoms with van der Waals surface area (Å²) in [6, 6.07) is 0. The fraction of sp³-hybridized carbons (Fsp3) is 0. The molecule has 0 aliphatic carbocycles. The van der Waals surface area contributed by atoms with Crippen molar-refractivity contribution in [3.8, 4) is 0 Å². The van der Waals surface area contributed by atoms with E-state index in [1.54, 1.807) is 0 Å². The first-order chi connectivity index (χ1) is 2.00. The molecule has 0 fully saturated rings. The summed E-state index contributed by atoms with van der Waals surface area (Å²) >= 11 is 0.125. The van der Waals surface area contributed by atoms with Gasteiger partial charge in [0.05, 0.1) is 0 Å². The van der Waals surface area contributed by atoms with Gasteiger partial charge in [-0.2, -0.15) is 0 Å². The van der Waals surface area contributed by atoms with Crippen LogP contribution in [-0.2, 0) is 3.78 Å². The summed E-state index contributed by atoms with van der Waals surface area (Å²) in [7, 11) is 2.89. The molecule has 0 bridgehead atoms. The quantitative estimate of drug-likeness (QED) is 0.381. The second kappa shape index (κ2) is 57.0. The molecule has 0 spiro atoms. The Bertz CT molecular complexity index is 7.61. The Morgan fingerprint density at radius 3 is 1.20 bits per heavy atom. The molecule has 0 radical (unpaired) electrons. The first-order valence-corrected chi connectivity index (χ1v) is 10.5. The zero-order valence-corrected chi connectivity index (χ0v) is 10.1. The zero-order chi connectivity index (χ0) is 4.00. The van der Waals surface area contributed by atoms with Crippen molar-refractivity contribution in [2.75, 3.05) is 0 Å². The summed E-state index contributed by atoms with van der Waals surface area (Å²) in [5, 5.41) is 0. The molecule has 5 heavy (non-hydrogen) atoms. The van der Waals surface area contributed by atoms with Gasteiger partial charge in [-0.15, -0.1) is 0 Å². The Kier molecular flexibility index (Phi) is 185. The van der Waals surface area contributed by atoms with Crippen molar-refractivity contribution in [1.82, 2.24) is 0 Å². The van der Waals surface area contributed by atoms with Gasteiger partial charge in [0.15, 0.2) is 0 Å². The number of rotatable bonds is 0. The standard InChI is InChI=1S/GeH2O.GeH4.H6Si2/c1-2;;1-2/h1H2;1H4;1-2H3. The maximum Gasteiger partial charge on any atom is -0.0125 e. The van der Waals surface area contributed by atoms with Gasteiger partial charge in [-0.05, 0) is 19.5 Å². The van der Waals surface area contributed by atoms with Crippen LogP contribution in [0.2, 0.25) is 0 Å². The molecular formula is H12Ge2OSi2. The Labute approximate surface area is 57.3 Å². The van der Waals surface area contributed by atoms with Crippen molar-refractivity contribution in [3.05, 3.63) is 0 Å². The van der Waals surface area contributed by atoms with Crippen molar-refractivity contribution in [2.24, 2.45) is 0 Å². The van der Waals surface area contributed by atoms with Crippen molar-refractivity contribution in [2.45, 2.75) is 0 Å². The number of hydrogen-bond acceptors (Lipinski definition) is 1. The van der Waals surface area contributed by atoms with Gasteiger partial charge in [-0.25, -0.2) is 0 Å². The van der Waals surface area contributed by atoms with Gasteiger partial charge in [-0.3, -0.25) is 0 Å². The topological polar surface area (TPSA) is 17.1 Å². The van der Waals surface area contributed by atoms with Crippen LogP contribution in [0.5, 0.6) is 0 Å². The van der Waals surface area contributed by atoms with Crippen molar-refractivity contribution < 1.29 is 3.78 Å². The van der Waals surface area contributed by atoms with Crippen LogP contribution in [0.3, 0.4) is 0 Å². The minimum atomic E-state index is 0. The summed E-state index contributed by atoms with van der Waals surface area (Å²) in [6.07, 6.45) is 0. The minimum Gasteiger partial charge on any atom is -0.0125 e. The molecule has 0 saturated carbocycles. The van der Waals surface area contributed by atoms with Crippen molar-refractivity contribution >= 4 is 53.6 Å². The molecule has 0 heterocycles. The Morgan fingerprint density at radius 1 is 1.20 bits per heavy atom. The fourth-order valence-corrected chi connectivity index (χ4v) is 0. The van der Waals surface area contributed by atoms with Gasteiger partial charge in [0.1, 0.15) is 0 Å². The largest absolute Gasteiger partial charge is 0.0125 e. The molecule has 0 aliphatic heterocycles.